The van der Waals surface area contributed by atoms with Crippen molar-refractivity contribution in [3.05, 3.63) is 41.7 Å². The zero-order valence-corrected chi connectivity index (χ0v) is 27.2. The highest BCUT2D eigenvalue weighted by atomic mass is 31.2. The highest BCUT2D eigenvalue weighted by Gasteiger charge is 2.38. The van der Waals surface area contributed by atoms with Gasteiger partial charge in [-0.1, -0.05) is 84.4 Å². The number of hydrogen-bond acceptors (Lipinski definition) is 5. The third-order valence-corrected chi connectivity index (χ3v) is 13.2. The molecule has 0 saturated heterocycles. The Morgan fingerprint density at radius 3 is 2.03 bits per heavy atom. The first-order chi connectivity index (χ1) is 17.9. The Bertz CT molecular complexity index is 870. The van der Waals surface area contributed by atoms with E-state index in [1.807, 2.05) is 24.3 Å². The molecule has 0 fully saturated rings. The Hall–Kier alpha value is -1.40. The van der Waals surface area contributed by atoms with Gasteiger partial charge < -0.3 is 18.8 Å². The van der Waals surface area contributed by atoms with Gasteiger partial charge >= 0.3 is 7.60 Å². The van der Waals surface area contributed by atoms with Crippen molar-refractivity contribution in [1.29, 1.82) is 0 Å². The summed E-state index contributed by atoms with van der Waals surface area (Å²) in [6.45, 7) is 17.5. The summed E-state index contributed by atoms with van der Waals surface area (Å²) in [7, 11) is -5.28. The van der Waals surface area contributed by atoms with Crippen molar-refractivity contribution in [2.24, 2.45) is 0 Å². The minimum atomic E-state index is -3.36. The predicted molar refractivity (Wildman–Crippen MR) is 163 cm³/mol. The van der Waals surface area contributed by atoms with E-state index in [4.69, 9.17) is 13.5 Å². The van der Waals surface area contributed by atoms with Gasteiger partial charge in [0, 0.05) is 12.2 Å². The van der Waals surface area contributed by atoms with Crippen molar-refractivity contribution in [2.75, 3.05) is 13.2 Å². The monoisotopic (exact) mass is 567 g/mol. The molecule has 6 nitrogen and oxygen atoms in total. The van der Waals surface area contributed by atoms with E-state index in [1.165, 1.54) is 37.9 Å². The van der Waals surface area contributed by atoms with Crippen molar-refractivity contribution < 1.29 is 22.8 Å². The number of nitrogens with one attached hydrogen (secondary N) is 1. The maximum Gasteiger partial charge on any atom is 0.353 e. The predicted octanol–water partition coefficient (Wildman–Crippen LogP) is 9.02. The molecule has 38 heavy (non-hydrogen) atoms. The second-order valence-corrected chi connectivity index (χ2v) is 18.1. The molecule has 0 aliphatic carbocycles. The van der Waals surface area contributed by atoms with E-state index in [0.29, 0.717) is 12.8 Å². The molecule has 1 aromatic carbocycles. The number of unbranched alkanes of at least 4 members (excludes halogenated alkanes) is 6. The molecule has 218 valence electrons. The maximum atomic E-state index is 13.0. The van der Waals surface area contributed by atoms with Crippen LogP contribution in [0.2, 0.25) is 18.1 Å². The zero-order valence-electron chi connectivity index (χ0n) is 25.3. The van der Waals surface area contributed by atoms with Gasteiger partial charge in [-0.3, -0.25) is 9.36 Å². The maximum absolute atomic E-state index is 13.0. The SMILES string of the molecule is CCCCCCCCCC(=O)N[C@@H](/C=C/P(=O)(OCC)OCC)Cc1ccc(O[Si](C)(C)C(C)(C)C)cc1. The number of benzene rings is 1. The molecular weight excluding hydrogens is 513 g/mol. The first-order valence-corrected chi connectivity index (χ1v) is 19.0. The van der Waals surface area contributed by atoms with Crippen LogP contribution in [0.15, 0.2) is 36.2 Å². The Morgan fingerprint density at radius 2 is 1.50 bits per heavy atom. The number of carbonyl (C=O) groups excluding carboxylic acids is 1. The molecule has 8 heteroatoms. The number of rotatable bonds is 19. The molecule has 0 heterocycles. The summed E-state index contributed by atoms with van der Waals surface area (Å²) in [4.78, 5) is 12.8. The van der Waals surface area contributed by atoms with Gasteiger partial charge in [0.2, 0.25) is 14.2 Å². The zero-order chi connectivity index (χ0) is 28.7. The van der Waals surface area contributed by atoms with E-state index in [2.05, 4.69) is 46.1 Å². The Kier molecular flexibility index (Phi) is 15.8. The molecular formula is C30H54NO5PSi. The molecule has 0 aliphatic rings. The molecule has 1 N–H and O–H groups in total. The third kappa shape index (κ3) is 13.6. The lowest BCUT2D eigenvalue weighted by atomic mass is 10.0. The van der Waals surface area contributed by atoms with Crippen LogP contribution in [-0.4, -0.2) is 33.5 Å². The summed E-state index contributed by atoms with van der Waals surface area (Å²) < 4.78 is 30.2. The highest BCUT2D eigenvalue weighted by Crippen LogP contribution is 2.49. The van der Waals surface area contributed by atoms with E-state index in [-0.39, 0.29) is 30.2 Å². The van der Waals surface area contributed by atoms with Gasteiger partial charge in [0.25, 0.3) is 0 Å². The van der Waals surface area contributed by atoms with Crippen LogP contribution in [0.5, 0.6) is 5.75 Å². The van der Waals surface area contributed by atoms with E-state index in [0.717, 1.165) is 24.2 Å². The average molecular weight is 568 g/mol. The van der Waals surface area contributed by atoms with Gasteiger partial charge in [0.15, 0.2) is 0 Å². The molecule has 0 aliphatic heterocycles. The lowest BCUT2D eigenvalue weighted by molar-refractivity contribution is -0.121. The first-order valence-electron chi connectivity index (χ1n) is 14.5. The molecule has 1 aromatic rings. The van der Waals surface area contributed by atoms with Gasteiger partial charge in [-0.15, -0.1) is 0 Å². The van der Waals surface area contributed by atoms with Crippen LogP contribution in [0.1, 0.15) is 98.5 Å². The van der Waals surface area contributed by atoms with Gasteiger partial charge in [0.1, 0.15) is 5.75 Å². The van der Waals surface area contributed by atoms with E-state index in [9.17, 15) is 9.36 Å². The molecule has 0 spiro atoms. The van der Waals surface area contributed by atoms with Crippen molar-refractivity contribution in [3.8, 4) is 5.75 Å². The van der Waals surface area contributed by atoms with Crippen LogP contribution in [0.3, 0.4) is 0 Å². The number of carbonyl (C=O) groups is 1. The molecule has 0 unspecified atom stereocenters. The number of hydrogen-bond donors (Lipinski definition) is 1. The van der Waals surface area contributed by atoms with E-state index < -0.39 is 15.9 Å². The van der Waals surface area contributed by atoms with Crippen molar-refractivity contribution in [3.63, 3.8) is 0 Å². The molecule has 1 atom stereocenters. The standard InChI is InChI=1S/C30H54NO5PSi/c1-9-12-13-14-15-16-17-18-29(32)31-27(23-24-37(33,34-10-2)35-11-3)25-26-19-21-28(22-20-26)36-38(7,8)30(4,5)6/h19-24,27H,9-18,25H2,1-8H3,(H,31,32)/b24-23+/t27-/m0/s1. The average Bonchev–Trinajstić information content (AvgIpc) is 2.83. The van der Waals surface area contributed by atoms with Gasteiger partial charge in [-0.05, 0) is 62.5 Å². The molecule has 1 amide bonds. The fraction of sp³-hybridized carbons (Fsp3) is 0.700. The van der Waals surface area contributed by atoms with Crippen LogP contribution in [0.4, 0.5) is 0 Å². The van der Waals surface area contributed by atoms with Gasteiger partial charge in [-0.2, -0.15) is 0 Å². The van der Waals surface area contributed by atoms with Gasteiger partial charge in [0.05, 0.1) is 19.3 Å². The molecule has 1 rings (SSSR count). The summed E-state index contributed by atoms with van der Waals surface area (Å²) >= 11 is 0. The quantitative estimate of drug-likeness (QED) is 0.103. The van der Waals surface area contributed by atoms with Crippen LogP contribution in [0, 0.1) is 0 Å². The minimum absolute atomic E-state index is 0.00809. The van der Waals surface area contributed by atoms with Crippen LogP contribution < -0.4 is 9.74 Å². The molecule has 0 saturated carbocycles. The number of amides is 1. The Balaban J connectivity index is 2.89. The Morgan fingerprint density at radius 1 is 0.947 bits per heavy atom. The second-order valence-electron chi connectivity index (χ2n) is 11.5. The summed E-state index contributed by atoms with van der Waals surface area (Å²) in [6.07, 6.45) is 11.0. The highest BCUT2D eigenvalue weighted by molar-refractivity contribution is 7.57. The van der Waals surface area contributed by atoms with E-state index in [1.54, 1.807) is 19.9 Å². The van der Waals surface area contributed by atoms with Gasteiger partial charge in [-0.25, -0.2) is 0 Å². The smallest absolute Gasteiger partial charge is 0.353 e. The van der Waals surface area contributed by atoms with Crippen molar-refractivity contribution in [1.82, 2.24) is 5.32 Å². The van der Waals surface area contributed by atoms with Crippen LogP contribution >= 0.6 is 7.60 Å². The third-order valence-electron chi connectivity index (χ3n) is 7.03. The fourth-order valence-electron chi connectivity index (χ4n) is 3.78. The molecule has 0 aromatic heterocycles. The van der Waals surface area contributed by atoms with Crippen molar-refractivity contribution >= 4 is 21.8 Å². The van der Waals surface area contributed by atoms with Crippen molar-refractivity contribution in [2.45, 2.75) is 124 Å². The molecule has 0 bridgehead atoms. The lowest BCUT2D eigenvalue weighted by Crippen LogP contribution is -2.43. The molecule has 0 radical (unpaired) electrons. The largest absolute Gasteiger partial charge is 0.544 e. The fourth-order valence-corrected chi connectivity index (χ4v) is 6.19. The van der Waals surface area contributed by atoms with Crippen LogP contribution in [-0.2, 0) is 24.8 Å². The summed E-state index contributed by atoms with van der Waals surface area (Å²) in [5, 5.41) is 3.25. The summed E-state index contributed by atoms with van der Waals surface area (Å²) in [5.41, 5.74) is 1.06. The minimum Gasteiger partial charge on any atom is -0.544 e. The Labute approximate surface area is 234 Å². The lowest BCUT2D eigenvalue weighted by Gasteiger charge is -2.36. The summed E-state index contributed by atoms with van der Waals surface area (Å²) in [5.74, 6) is 2.37. The summed E-state index contributed by atoms with van der Waals surface area (Å²) in [6, 6.07) is 7.76. The first kappa shape index (κ1) is 34.6. The topological polar surface area (TPSA) is 73.9 Å². The second kappa shape index (κ2) is 17.3. The van der Waals surface area contributed by atoms with E-state index >= 15 is 0 Å². The van der Waals surface area contributed by atoms with Crippen LogP contribution in [0.25, 0.3) is 0 Å². The normalized spacial score (nSPS) is 13.6.